The van der Waals surface area contributed by atoms with Crippen LogP contribution in [-0.2, 0) is 12.8 Å². The fraction of sp³-hybridized carbons (Fsp3) is 0.455. The summed E-state index contributed by atoms with van der Waals surface area (Å²) < 4.78 is 43.4. The molecule has 1 aliphatic rings. The minimum atomic E-state index is -0.689. The van der Waals surface area contributed by atoms with E-state index in [1.807, 2.05) is 0 Å². The second-order valence-corrected chi connectivity index (χ2v) is 11.1. The van der Waals surface area contributed by atoms with Crippen molar-refractivity contribution in [2.45, 2.75) is 89.9 Å². The van der Waals surface area contributed by atoms with Crippen LogP contribution in [0.1, 0.15) is 93.7 Å². The molecular weight excluding hydrogens is 489 g/mol. The molecule has 4 rings (SSSR count). The van der Waals surface area contributed by atoms with Crippen LogP contribution in [0, 0.1) is 23.4 Å². The van der Waals surface area contributed by atoms with E-state index in [1.54, 1.807) is 0 Å². The molecule has 3 aromatic rings. The molecule has 0 aromatic heterocycles. The Labute approximate surface area is 225 Å². The molecule has 0 saturated heterocycles. The van der Waals surface area contributed by atoms with Gasteiger partial charge in [0.1, 0.15) is 17.5 Å². The number of unbranched alkanes of at least 4 members (excludes halogenated alkanes) is 4. The monoisotopic (exact) mass is 526 g/mol. The van der Waals surface area contributed by atoms with Crippen molar-refractivity contribution in [3.8, 4) is 11.1 Å². The van der Waals surface area contributed by atoms with Crippen molar-refractivity contribution in [1.82, 2.24) is 0 Å². The van der Waals surface area contributed by atoms with Crippen LogP contribution in [0.25, 0.3) is 11.1 Å². The van der Waals surface area contributed by atoms with Gasteiger partial charge in [0.15, 0.2) is 0 Å². The van der Waals surface area contributed by atoms with Gasteiger partial charge in [0, 0.05) is 0 Å². The Kier molecular flexibility index (Phi) is 10.1. The zero-order chi connectivity index (χ0) is 26.2. The molecule has 0 radical (unpaired) electrons. The molecule has 0 atom stereocenters. The highest BCUT2D eigenvalue weighted by molar-refractivity contribution is 6.30. The highest BCUT2D eigenvalue weighted by Gasteiger charge is 2.23. The van der Waals surface area contributed by atoms with E-state index in [9.17, 15) is 13.2 Å². The summed E-state index contributed by atoms with van der Waals surface area (Å²) in [5.41, 5.74) is 3.50. The maximum atomic E-state index is 14.8. The maximum absolute atomic E-state index is 14.8. The van der Waals surface area contributed by atoms with E-state index in [-0.39, 0.29) is 16.1 Å². The van der Waals surface area contributed by atoms with Crippen LogP contribution in [0.4, 0.5) is 13.2 Å². The number of hydrogen-bond acceptors (Lipinski definition) is 0. The molecule has 0 amide bonds. The number of benzene rings is 3. The third-order valence-electron chi connectivity index (χ3n) is 8.02. The molecule has 0 nitrogen and oxygen atoms in total. The van der Waals surface area contributed by atoms with E-state index < -0.39 is 17.5 Å². The lowest BCUT2D eigenvalue weighted by molar-refractivity contribution is 0.310. The SMILES string of the molecule is CCCCCCCc1ccc(C2CCC(CCc3cc(F)c(-c4ccc(Cl)c(F)c4)c(F)c3)CC2)cc1. The van der Waals surface area contributed by atoms with E-state index in [1.165, 1.54) is 86.8 Å². The maximum Gasteiger partial charge on any atom is 0.142 e. The van der Waals surface area contributed by atoms with Gasteiger partial charge in [-0.15, -0.1) is 0 Å². The number of rotatable bonds is 11. The van der Waals surface area contributed by atoms with Gasteiger partial charge in [-0.3, -0.25) is 0 Å². The first kappa shape index (κ1) is 27.8. The lowest BCUT2D eigenvalue weighted by Gasteiger charge is -2.29. The molecule has 1 saturated carbocycles. The fourth-order valence-electron chi connectivity index (χ4n) is 5.74. The summed E-state index contributed by atoms with van der Waals surface area (Å²) >= 11 is 5.70. The van der Waals surface area contributed by atoms with Crippen LogP contribution < -0.4 is 0 Å². The van der Waals surface area contributed by atoms with Crippen LogP contribution in [0.5, 0.6) is 0 Å². The first-order valence-electron chi connectivity index (χ1n) is 14.0. The fourth-order valence-corrected chi connectivity index (χ4v) is 5.86. The lowest BCUT2D eigenvalue weighted by atomic mass is 9.76. The molecule has 0 N–H and O–H groups in total. The normalized spacial score (nSPS) is 17.8. The predicted octanol–water partition coefficient (Wildman–Crippen LogP) is 10.8. The molecule has 1 aliphatic carbocycles. The van der Waals surface area contributed by atoms with E-state index in [0.717, 1.165) is 25.3 Å². The van der Waals surface area contributed by atoms with Crippen molar-refractivity contribution >= 4 is 11.6 Å². The minimum absolute atomic E-state index is 0.0684. The van der Waals surface area contributed by atoms with Gasteiger partial charge in [-0.2, -0.15) is 0 Å². The summed E-state index contributed by atoms with van der Waals surface area (Å²) in [5.74, 6) is -0.820. The van der Waals surface area contributed by atoms with Gasteiger partial charge in [0.05, 0.1) is 10.6 Å². The molecule has 0 spiro atoms. The topological polar surface area (TPSA) is 0 Å². The average Bonchev–Trinajstić information content (AvgIpc) is 2.90. The Morgan fingerprint density at radius 3 is 2.03 bits per heavy atom. The van der Waals surface area contributed by atoms with Gasteiger partial charge in [0.25, 0.3) is 0 Å². The number of aryl methyl sites for hydroxylation is 2. The molecule has 0 unspecified atom stereocenters. The Morgan fingerprint density at radius 1 is 0.703 bits per heavy atom. The Bertz CT molecular complexity index is 1120. The van der Waals surface area contributed by atoms with Gasteiger partial charge in [-0.05, 0) is 110 Å². The van der Waals surface area contributed by atoms with Crippen LogP contribution in [0.15, 0.2) is 54.6 Å². The highest BCUT2D eigenvalue weighted by atomic mass is 35.5. The third kappa shape index (κ3) is 7.63. The number of halogens is 4. The molecule has 4 heteroatoms. The van der Waals surface area contributed by atoms with Crippen LogP contribution in [-0.4, -0.2) is 0 Å². The smallest absolute Gasteiger partial charge is 0.142 e. The van der Waals surface area contributed by atoms with Crippen LogP contribution in [0.2, 0.25) is 5.02 Å². The summed E-state index contributed by atoms with van der Waals surface area (Å²) in [6, 6.07) is 15.9. The van der Waals surface area contributed by atoms with Crippen molar-refractivity contribution in [2.24, 2.45) is 5.92 Å². The second-order valence-electron chi connectivity index (χ2n) is 10.7. The van der Waals surface area contributed by atoms with Gasteiger partial charge >= 0.3 is 0 Å². The summed E-state index contributed by atoms with van der Waals surface area (Å²) in [4.78, 5) is 0. The average molecular weight is 527 g/mol. The second kappa shape index (κ2) is 13.5. The van der Waals surface area contributed by atoms with Gasteiger partial charge in [0.2, 0.25) is 0 Å². The van der Waals surface area contributed by atoms with Gasteiger partial charge in [-0.25, -0.2) is 13.2 Å². The Balaban J connectivity index is 1.25. The van der Waals surface area contributed by atoms with Crippen molar-refractivity contribution < 1.29 is 13.2 Å². The quantitative estimate of drug-likeness (QED) is 0.218. The zero-order valence-electron chi connectivity index (χ0n) is 21.8. The predicted molar refractivity (Wildman–Crippen MR) is 149 cm³/mol. The largest absolute Gasteiger partial charge is 0.206 e. The van der Waals surface area contributed by atoms with Gasteiger partial charge < -0.3 is 0 Å². The van der Waals surface area contributed by atoms with Crippen molar-refractivity contribution in [2.75, 3.05) is 0 Å². The first-order chi connectivity index (χ1) is 17.9. The molecule has 3 aromatic carbocycles. The zero-order valence-corrected chi connectivity index (χ0v) is 22.6. The summed E-state index contributed by atoms with van der Waals surface area (Å²) in [6.07, 6.45) is 14.0. The van der Waals surface area contributed by atoms with Crippen LogP contribution in [0.3, 0.4) is 0 Å². The Hall–Kier alpha value is -2.26. The molecule has 0 heterocycles. The van der Waals surface area contributed by atoms with Crippen LogP contribution >= 0.6 is 11.6 Å². The molecule has 0 bridgehead atoms. The standard InChI is InChI=1S/C33H38ClF3/c1-2-3-4-5-6-7-23-10-14-26(15-11-23)27-16-12-24(13-17-27)8-9-25-20-31(36)33(32(37)21-25)28-18-19-29(34)30(35)22-28/h10-11,14-15,18-22,24,27H,2-9,12-13,16-17H2,1H3. The van der Waals surface area contributed by atoms with E-state index in [0.29, 0.717) is 23.8 Å². The first-order valence-corrected chi connectivity index (χ1v) is 14.3. The summed E-state index contributed by atoms with van der Waals surface area (Å²) in [5, 5.41) is -0.0684. The van der Waals surface area contributed by atoms with Gasteiger partial charge in [-0.1, -0.05) is 74.5 Å². The highest BCUT2D eigenvalue weighted by Crippen LogP contribution is 2.38. The number of hydrogen-bond donors (Lipinski definition) is 0. The van der Waals surface area contributed by atoms with Crippen molar-refractivity contribution in [1.29, 1.82) is 0 Å². The van der Waals surface area contributed by atoms with Crippen molar-refractivity contribution in [3.05, 3.63) is 93.8 Å². The summed E-state index contributed by atoms with van der Waals surface area (Å²) in [7, 11) is 0. The van der Waals surface area contributed by atoms with E-state index in [4.69, 9.17) is 11.6 Å². The van der Waals surface area contributed by atoms with E-state index >= 15 is 0 Å². The third-order valence-corrected chi connectivity index (χ3v) is 8.32. The molecule has 198 valence electrons. The van der Waals surface area contributed by atoms with E-state index in [2.05, 4.69) is 31.2 Å². The molecule has 1 fully saturated rings. The Morgan fingerprint density at radius 2 is 1.38 bits per heavy atom. The molecule has 0 aliphatic heterocycles. The minimum Gasteiger partial charge on any atom is -0.206 e. The van der Waals surface area contributed by atoms with Crippen molar-refractivity contribution in [3.63, 3.8) is 0 Å². The molecular formula is C33H38ClF3. The lowest BCUT2D eigenvalue weighted by Crippen LogP contribution is -2.14. The summed E-state index contributed by atoms with van der Waals surface area (Å²) in [6.45, 7) is 2.25. The molecule has 37 heavy (non-hydrogen) atoms.